The van der Waals surface area contributed by atoms with Gasteiger partial charge in [-0.3, -0.25) is 52.9 Å². The van der Waals surface area contributed by atoms with Gasteiger partial charge < -0.3 is 130 Å². The number of nitrogens with two attached hydrogens (primary N) is 10. The average Bonchev–Trinajstić information content (AvgIpc) is 1.70. The summed E-state index contributed by atoms with van der Waals surface area (Å²) in [6, 6.07) is -10.7. The molecule has 0 saturated carbocycles. The van der Waals surface area contributed by atoms with Gasteiger partial charge in [0.25, 0.3) is 5.91 Å². The highest BCUT2D eigenvalue weighted by atomic mass is 16.3. The van der Waals surface area contributed by atoms with Crippen LogP contribution in [0.25, 0.3) is 0 Å². The van der Waals surface area contributed by atoms with E-state index in [1.165, 1.54) is 23.5 Å². The van der Waals surface area contributed by atoms with Crippen LogP contribution >= 0.6 is 0 Å². The number of aromatic amines is 1. The Balaban J connectivity index is 2.39. The quantitative estimate of drug-likeness (QED) is 0.00947. The predicted molar refractivity (Wildman–Crippen MR) is 330 cm³/mol. The first-order valence-corrected chi connectivity index (χ1v) is 30.4. The largest absolute Gasteiger partial charge is 0.392 e. The summed E-state index contributed by atoms with van der Waals surface area (Å²) in [7, 11) is 0. The number of amides is 10. The molecule has 33 N–H and O–H groups in total. The fourth-order valence-corrected chi connectivity index (χ4v) is 9.29. The van der Waals surface area contributed by atoms with Crippen molar-refractivity contribution >= 4 is 65.0 Å². The number of carbonyl (C=O) groups excluding carboxylic acids is 10. The molecule has 0 spiro atoms. The number of unbranched alkanes of at least 4 members (excludes halogenated alkanes) is 3. The van der Waals surface area contributed by atoms with E-state index in [0.717, 1.165) is 0 Å². The predicted octanol–water partition coefficient (Wildman–Crippen LogP) is -9.75. The minimum atomic E-state index is -1.67. The molecule has 36 nitrogen and oxygen atoms in total. The number of nitrogens with one attached hydrogen (secondary N) is 10. The molecule has 2 rings (SSSR count). The number of likely N-dealkylation sites (tertiary alicyclic amines) is 1. The molecule has 90 heavy (non-hydrogen) atoms. The lowest BCUT2D eigenvalue weighted by Crippen LogP contribution is -2.59. The van der Waals surface area contributed by atoms with E-state index >= 15 is 0 Å². The number of rotatable bonds is 46. The van der Waals surface area contributed by atoms with Gasteiger partial charge in [0.1, 0.15) is 60.4 Å². The molecule has 1 aliphatic rings. The number of H-pyrrole nitrogens is 1. The highest BCUT2D eigenvalue weighted by molar-refractivity contribution is 6.02. The second-order valence-corrected chi connectivity index (χ2v) is 21.7. The molecule has 1 aromatic rings. The molecule has 10 amide bonds. The van der Waals surface area contributed by atoms with Gasteiger partial charge in [-0.05, 0) is 116 Å². The fourth-order valence-electron chi connectivity index (χ4n) is 9.29. The van der Waals surface area contributed by atoms with Gasteiger partial charge in [0.2, 0.25) is 53.2 Å². The summed E-state index contributed by atoms with van der Waals surface area (Å²) < 4.78 is 0. The first kappa shape index (κ1) is 78.6. The molecule has 11 atom stereocenters. The van der Waals surface area contributed by atoms with Gasteiger partial charge >= 0.3 is 0 Å². The Hall–Kier alpha value is -7.52. The summed E-state index contributed by atoms with van der Waals surface area (Å²) in [5.74, 6) is -8.61. The van der Waals surface area contributed by atoms with E-state index in [2.05, 4.69) is 62.8 Å². The van der Waals surface area contributed by atoms with Crippen molar-refractivity contribution < 1.29 is 63.3 Å². The number of hydrogen-bond acceptors (Lipinski definition) is 23. The number of guanidine groups is 1. The lowest BCUT2D eigenvalue weighted by Gasteiger charge is -2.30. The van der Waals surface area contributed by atoms with Gasteiger partial charge in [-0.2, -0.15) is 0 Å². The molecule has 3 unspecified atom stereocenters. The summed E-state index contributed by atoms with van der Waals surface area (Å²) in [4.78, 5) is 151. The van der Waals surface area contributed by atoms with Crippen molar-refractivity contribution in [2.75, 3.05) is 58.9 Å². The van der Waals surface area contributed by atoms with Crippen LogP contribution in [0.3, 0.4) is 0 Å². The standard InChI is InChI=1S/C54H101N23O13/c55-17-3-1-10-33(60)45(82)74-40(26-43(62)80)51(88)75-39(25-42(61)79)47(84)68-29-44(81)70-37(12-7-20-58)53(90)77-23-9-14-41(77)52(89)76-38(24-31-28-65-30-69-31)50(87)72-34(11-2-4-18-56)48(85)71-35(13-8-22-67-54(63)64)49(86)73-36(16-15-32(78)27-59)46(83)66-21-6-5-19-57/h13,28,30,32-34,36-43,78-80H,1-12,14-27,29,55-62H2,(H,65,69)(H,66,83)(H,68,84)(H,70,81)(H,71,85)(H,72,87)(H,73,86)(H,74,82)(H,75,88)(H,76,89)(H4,63,64,67)/b35-13+/t32?,33-,34-,36-,37-,38-,39-,40-,41-,42?,43?/m0/s1. The van der Waals surface area contributed by atoms with E-state index in [1.54, 1.807) is 0 Å². The van der Waals surface area contributed by atoms with E-state index in [9.17, 15) is 63.3 Å². The van der Waals surface area contributed by atoms with Crippen molar-refractivity contribution in [3.63, 3.8) is 0 Å². The van der Waals surface area contributed by atoms with Crippen molar-refractivity contribution in [2.24, 2.45) is 62.3 Å². The smallest absolute Gasteiger partial charge is 0.268 e. The zero-order valence-electron chi connectivity index (χ0n) is 51.2. The van der Waals surface area contributed by atoms with Crippen molar-refractivity contribution in [1.82, 2.24) is 62.7 Å². The zero-order chi connectivity index (χ0) is 67.1. The van der Waals surface area contributed by atoms with Crippen molar-refractivity contribution in [1.29, 1.82) is 0 Å². The normalized spacial score (nSPS) is 16.5. The SMILES string of the molecule is NCCCCNC(=O)[C@H](CCC(O)CN)NC(=O)/C(=C\CCN=C(N)N)NC(=O)[C@H](CCCCN)NC(=O)[C@H](Cc1cnc[nH]1)NC(=O)[C@@H]1CCCN1C(=O)[C@H](CCCN)NC(=O)CNC(=O)[C@H](CC(N)O)NC(=O)[C@H](CC(N)O)NC(=O)[C@@H](N)CCCCN. The van der Waals surface area contributed by atoms with Crippen molar-refractivity contribution in [3.8, 4) is 0 Å². The lowest BCUT2D eigenvalue weighted by atomic mass is 10.0. The number of imidazole rings is 1. The van der Waals surface area contributed by atoms with Crippen molar-refractivity contribution in [3.05, 3.63) is 30.0 Å². The molecule has 510 valence electrons. The molecule has 0 bridgehead atoms. The average molecular weight is 1280 g/mol. The molecular weight excluding hydrogens is 1180 g/mol. The van der Waals surface area contributed by atoms with Crippen LogP contribution in [0.1, 0.15) is 115 Å². The summed E-state index contributed by atoms with van der Waals surface area (Å²) in [5.41, 5.74) is 56.5. The third kappa shape index (κ3) is 30.8. The van der Waals surface area contributed by atoms with Gasteiger partial charge in [-0.1, -0.05) is 12.5 Å². The number of aromatic nitrogens is 2. The number of aliphatic hydroxyl groups excluding tert-OH is 3. The Kier molecular flexibility index (Phi) is 38.4. The van der Waals surface area contributed by atoms with Gasteiger partial charge in [-0.15, -0.1) is 0 Å². The maximum absolute atomic E-state index is 14.5. The minimum Gasteiger partial charge on any atom is -0.392 e. The second-order valence-electron chi connectivity index (χ2n) is 21.7. The van der Waals surface area contributed by atoms with Crippen LogP contribution in [0.2, 0.25) is 0 Å². The maximum Gasteiger partial charge on any atom is 0.268 e. The minimum absolute atomic E-state index is 0.0126. The van der Waals surface area contributed by atoms with Crippen LogP contribution in [-0.2, 0) is 54.4 Å². The second kappa shape index (κ2) is 44.0. The molecule has 36 heteroatoms. The van der Waals surface area contributed by atoms with E-state index in [-0.39, 0.29) is 109 Å². The Morgan fingerprint density at radius 3 is 1.82 bits per heavy atom. The Morgan fingerprint density at radius 2 is 1.21 bits per heavy atom. The summed E-state index contributed by atoms with van der Waals surface area (Å²) in [6.07, 6.45) is 2.40. The molecule has 1 saturated heterocycles. The molecule has 1 aromatic heterocycles. The molecule has 1 aliphatic heterocycles. The Morgan fingerprint density at radius 1 is 0.633 bits per heavy atom. The number of aliphatic hydroxyl groups is 3. The number of nitrogens with zero attached hydrogens (tertiary/aromatic N) is 3. The van der Waals surface area contributed by atoms with Crippen LogP contribution < -0.4 is 105 Å². The molecule has 0 radical (unpaired) electrons. The van der Waals surface area contributed by atoms with E-state index in [4.69, 9.17) is 57.3 Å². The highest BCUT2D eigenvalue weighted by Crippen LogP contribution is 2.21. The molecule has 0 aliphatic carbocycles. The fraction of sp³-hybridized carbons (Fsp3) is 0.704. The van der Waals surface area contributed by atoms with Gasteiger partial charge in [0.05, 0.1) is 25.0 Å². The number of hydrogen-bond donors (Lipinski definition) is 23. The van der Waals surface area contributed by atoms with Gasteiger partial charge in [0, 0.05) is 57.3 Å². The zero-order valence-corrected chi connectivity index (χ0v) is 51.2. The Labute approximate surface area is 523 Å². The number of aliphatic imine (C=N–C) groups is 1. The van der Waals surface area contributed by atoms with Crippen LogP contribution in [0.5, 0.6) is 0 Å². The summed E-state index contributed by atoms with van der Waals surface area (Å²) >= 11 is 0. The monoisotopic (exact) mass is 1280 g/mol. The summed E-state index contributed by atoms with van der Waals surface area (Å²) in [6.45, 7) is 0.453. The van der Waals surface area contributed by atoms with Crippen LogP contribution in [0.15, 0.2) is 29.3 Å². The molecule has 0 aromatic carbocycles. The van der Waals surface area contributed by atoms with Crippen LogP contribution in [-0.4, -0.2) is 221 Å². The topological polar surface area (TPSA) is 644 Å². The Bertz CT molecular complexity index is 2450. The van der Waals surface area contributed by atoms with E-state index in [0.29, 0.717) is 63.7 Å². The lowest BCUT2D eigenvalue weighted by molar-refractivity contribution is -0.142. The third-order valence-electron chi connectivity index (χ3n) is 14.2. The van der Waals surface area contributed by atoms with Crippen molar-refractivity contribution in [2.45, 2.75) is 182 Å². The molecule has 2 heterocycles. The third-order valence-corrected chi connectivity index (χ3v) is 14.2. The van der Waals surface area contributed by atoms with Gasteiger partial charge in [0.15, 0.2) is 5.96 Å². The van der Waals surface area contributed by atoms with E-state index in [1.807, 2.05) is 0 Å². The molecule has 1 fully saturated rings. The summed E-state index contributed by atoms with van der Waals surface area (Å²) in [5, 5.41) is 53.2. The van der Waals surface area contributed by atoms with Crippen LogP contribution in [0.4, 0.5) is 0 Å². The highest BCUT2D eigenvalue weighted by Gasteiger charge is 2.40. The van der Waals surface area contributed by atoms with E-state index < -0.39 is 145 Å². The number of carbonyl (C=O) groups is 10. The van der Waals surface area contributed by atoms with Gasteiger partial charge in [-0.25, -0.2) is 4.98 Å². The first-order chi connectivity index (χ1) is 42.9. The molecular formula is C54H101N23O13. The maximum atomic E-state index is 14.5. The van der Waals surface area contributed by atoms with Crippen LogP contribution in [0, 0.1) is 0 Å². The first-order valence-electron chi connectivity index (χ1n) is 30.4.